The van der Waals surface area contributed by atoms with Gasteiger partial charge in [0.15, 0.2) is 11.5 Å². The summed E-state index contributed by atoms with van der Waals surface area (Å²) >= 11 is 1.74. The van der Waals surface area contributed by atoms with Gasteiger partial charge in [0.1, 0.15) is 6.61 Å². The summed E-state index contributed by atoms with van der Waals surface area (Å²) in [6.07, 6.45) is 0. The third-order valence-electron chi connectivity index (χ3n) is 3.52. The lowest BCUT2D eigenvalue weighted by atomic mass is 10.2. The second kappa shape index (κ2) is 9.00. The number of methoxy groups -OCH3 is 1. The predicted molar refractivity (Wildman–Crippen MR) is 93.1 cm³/mol. The van der Waals surface area contributed by atoms with Crippen LogP contribution in [0.4, 0.5) is 0 Å². The minimum absolute atomic E-state index is 0.0419. The van der Waals surface area contributed by atoms with Crippen molar-refractivity contribution in [3.63, 3.8) is 0 Å². The molecular formula is C16H25N3O3S. The second-order valence-electron chi connectivity index (χ2n) is 5.63. The quantitative estimate of drug-likeness (QED) is 0.734. The molecule has 0 bridgehead atoms. The Morgan fingerprint density at radius 3 is 2.91 bits per heavy atom. The Hall–Kier alpha value is -1.44. The van der Waals surface area contributed by atoms with Crippen LogP contribution in [-0.4, -0.2) is 62.8 Å². The lowest BCUT2D eigenvalue weighted by Crippen LogP contribution is -2.41. The van der Waals surface area contributed by atoms with Gasteiger partial charge in [-0.15, -0.1) is 11.8 Å². The normalized spacial score (nSPS) is 17.3. The minimum Gasteiger partial charge on any atom is -0.493 e. The van der Waals surface area contributed by atoms with Gasteiger partial charge in [0.25, 0.3) is 0 Å². The summed E-state index contributed by atoms with van der Waals surface area (Å²) < 4.78 is 11.1. The zero-order valence-corrected chi connectivity index (χ0v) is 14.7. The molecule has 0 radical (unpaired) electrons. The molecule has 2 N–H and O–H groups in total. The van der Waals surface area contributed by atoms with E-state index in [1.54, 1.807) is 18.9 Å². The molecule has 2 rings (SSSR count). The van der Waals surface area contributed by atoms with Crippen LogP contribution < -0.4 is 20.1 Å². The van der Waals surface area contributed by atoms with Crippen molar-refractivity contribution in [2.75, 3.05) is 46.0 Å². The van der Waals surface area contributed by atoms with E-state index >= 15 is 0 Å². The highest BCUT2D eigenvalue weighted by molar-refractivity contribution is 7.99. The number of ether oxygens (including phenoxy) is 2. The van der Waals surface area contributed by atoms with Crippen LogP contribution in [0.25, 0.3) is 0 Å². The number of likely N-dealkylation sites (N-methyl/N-ethyl adjacent to an activating group) is 1. The lowest BCUT2D eigenvalue weighted by Gasteiger charge is -2.15. The number of hydrogen-bond acceptors (Lipinski definition) is 6. The molecule has 1 amide bonds. The number of hydrogen-bond donors (Lipinski definition) is 2. The number of rotatable bonds is 8. The van der Waals surface area contributed by atoms with Gasteiger partial charge in [-0.05, 0) is 31.8 Å². The molecule has 1 atom stereocenters. The zero-order valence-electron chi connectivity index (χ0n) is 13.9. The fraction of sp³-hybridized carbons (Fsp3) is 0.562. The van der Waals surface area contributed by atoms with E-state index in [2.05, 4.69) is 15.5 Å². The Bertz CT molecular complexity index is 519. The van der Waals surface area contributed by atoms with Gasteiger partial charge in [-0.25, -0.2) is 0 Å². The first-order valence-electron chi connectivity index (χ1n) is 7.63. The van der Waals surface area contributed by atoms with Gasteiger partial charge in [0, 0.05) is 24.7 Å². The molecule has 1 fully saturated rings. The van der Waals surface area contributed by atoms with Crippen LogP contribution in [-0.2, 0) is 11.3 Å². The van der Waals surface area contributed by atoms with E-state index in [0.29, 0.717) is 18.9 Å². The third kappa shape index (κ3) is 5.60. The molecule has 1 saturated heterocycles. The van der Waals surface area contributed by atoms with Crippen molar-refractivity contribution in [2.24, 2.45) is 0 Å². The van der Waals surface area contributed by atoms with Gasteiger partial charge in [-0.3, -0.25) is 10.1 Å². The van der Waals surface area contributed by atoms with Gasteiger partial charge in [-0.2, -0.15) is 0 Å². The lowest BCUT2D eigenvalue weighted by molar-refractivity contribution is -0.122. The first kappa shape index (κ1) is 17.9. The van der Waals surface area contributed by atoms with Crippen molar-refractivity contribution in [1.82, 2.24) is 15.5 Å². The van der Waals surface area contributed by atoms with E-state index in [0.717, 1.165) is 29.5 Å². The van der Waals surface area contributed by atoms with Crippen LogP contribution in [0.3, 0.4) is 0 Å². The smallest absolute Gasteiger partial charge is 0.238 e. The van der Waals surface area contributed by atoms with Crippen LogP contribution >= 0.6 is 11.8 Å². The summed E-state index contributed by atoms with van der Waals surface area (Å²) in [5.74, 6) is 3.11. The van der Waals surface area contributed by atoms with Crippen LogP contribution in [0.2, 0.25) is 0 Å². The van der Waals surface area contributed by atoms with Crippen LogP contribution in [0.15, 0.2) is 18.2 Å². The van der Waals surface area contributed by atoms with Gasteiger partial charge in [0.2, 0.25) is 5.91 Å². The molecule has 1 aliphatic heterocycles. The number of thioether (sulfide) groups is 1. The molecule has 23 heavy (non-hydrogen) atoms. The maximum absolute atomic E-state index is 12.0. The van der Waals surface area contributed by atoms with E-state index in [9.17, 15) is 4.79 Å². The summed E-state index contributed by atoms with van der Waals surface area (Å²) in [5.41, 5.74) is 0.987. The largest absolute Gasteiger partial charge is 0.493 e. The van der Waals surface area contributed by atoms with Gasteiger partial charge in [0.05, 0.1) is 13.2 Å². The van der Waals surface area contributed by atoms with Gasteiger partial charge in [-0.1, -0.05) is 6.07 Å². The third-order valence-corrected chi connectivity index (χ3v) is 4.46. The molecule has 1 aliphatic rings. The number of benzene rings is 1. The van der Waals surface area contributed by atoms with Crippen molar-refractivity contribution < 1.29 is 14.3 Å². The molecule has 0 aliphatic carbocycles. The Kier molecular flexibility index (Phi) is 7.01. The molecule has 0 spiro atoms. The van der Waals surface area contributed by atoms with Crippen molar-refractivity contribution in [3.8, 4) is 11.5 Å². The number of amides is 1. The predicted octanol–water partition coefficient (Wildman–Crippen LogP) is 0.914. The summed E-state index contributed by atoms with van der Waals surface area (Å²) in [4.78, 5) is 14.1. The summed E-state index contributed by atoms with van der Waals surface area (Å²) in [5, 5.41) is 6.11. The summed E-state index contributed by atoms with van der Waals surface area (Å²) in [6, 6.07) is 5.65. The van der Waals surface area contributed by atoms with Crippen LogP contribution in [0, 0.1) is 0 Å². The van der Waals surface area contributed by atoms with Crippen molar-refractivity contribution in [3.05, 3.63) is 23.8 Å². The maximum atomic E-state index is 12.0. The Balaban J connectivity index is 1.88. The Morgan fingerprint density at radius 2 is 2.26 bits per heavy atom. The number of nitrogens with zero attached hydrogens (tertiary/aromatic N) is 1. The van der Waals surface area contributed by atoms with E-state index in [-0.39, 0.29) is 11.9 Å². The summed E-state index contributed by atoms with van der Waals surface area (Å²) in [7, 11) is 5.63. The fourth-order valence-corrected chi connectivity index (χ4v) is 3.10. The Labute approximate surface area is 141 Å². The first-order chi connectivity index (χ1) is 11.1. The zero-order chi connectivity index (χ0) is 16.7. The Morgan fingerprint density at radius 1 is 1.43 bits per heavy atom. The van der Waals surface area contributed by atoms with E-state index in [1.807, 2.05) is 32.3 Å². The van der Waals surface area contributed by atoms with Crippen LogP contribution in [0.1, 0.15) is 5.56 Å². The van der Waals surface area contributed by atoms with E-state index in [4.69, 9.17) is 9.47 Å². The summed E-state index contributed by atoms with van der Waals surface area (Å²) in [6.45, 7) is 1.92. The van der Waals surface area contributed by atoms with Crippen molar-refractivity contribution in [1.29, 1.82) is 0 Å². The second-order valence-corrected chi connectivity index (χ2v) is 6.66. The monoisotopic (exact) mass is 339 g/mol. The van der Waals surface area contributed by atoms with Crippen molar-refractivity contribution >= 4 is 17.7 Å². The highest BCUT2D eigenvalue weighted by Gasteiger charge is 2.22. The standard InChI is InChI=1S/C16H25N3O3S/c1-19(2)6-7-22-14-5-4-12(8-15(14)21-3)9-17-16(20)13-10-23-11-18-13/h4-5,8,13,18H,6-7,9-11H2,1-3H3,(H,17,20). The number of carbonyl (C=O) groups is 1. The minimum atomic E-state index is -0.0875. The molecule has 1 aromatic rings. The van der Waals surface area contributed by atoms with Gasteiger partial charge >= 0.3 is 0 Å². The maximum Gasteiger partial charge on any atom is 0.238 e. The molecular weight excluding hydrogens is 314 g/mol. The SMILES string of the molecule is COc1cc(CNC(=O)C2CSCN2)ccc1OCCN(C)C. The van der Waals surface area contributed by atoms with Crippen molar-refractivity contribution in [2.45, 2.75) is 12.6 Å². The average Bonchev–Trinajstić information content (AvgIpc) is 3.07. The highest BCUT2D eigenvalue weighted by Crippen LogP contribution is 2.28. The molecule has 128 valence electrons. The molecule has 1 heterocycles. The molecule has 0 saturated carbocycles. The molecule has 1 unspecified atom stereocenters. The molecule has 6 nitrogen and oxygen atoms in total. The van der Waals surface area contributed by atoms with Gasteiger partial charge < -0.3 is 19.7 Å². The highest BCUT2D eigenvalue weighted by atomic mass is 32.2. The first-order valence-corrected chi connectivity index (χ1v) is 8.79. The number of nitrogens with one attached hydrogen (secondary N) is 2. The topological polar surface area (TPSA) is 62.8 Å². The fourth-order valence-electron chi connectivity index (χ4n) is 2.16. The molecule has 1 aromatic carbocycles. The number of carbonyl (C=O) groups excluding carboxylic acids is 1. The van der Waals surface area contributed by atoms with E-state index in [1.165, 1.54) is 0 Å². The average molecular weight is 339 g/mol. The molecule has 7 heteroatoms. The van der Waals surface area contributed by atoms with E-state index < -0.39 is 0 Å². The van der Waals surface area contributed by atoms with Crippen LogP contribution in [0.5, 0.6) is 11.5 Å². The molecule has 0 aromatic heterocycles.